The van der Waals surface area contributed by atoms with Gasteiger partial charge in [-0.05, 0) is 25.3 Å². The lowest BCUT2D eigenvalue weighted by atomic mass is 9.85. The van der Waals surface area contributed by atoms with Crippen LogP contribution in [0.3, 0.4) is 0 Å². The molecule has 1 rings (SSSR count). The molecule has 13 heteroatoms. The van der Waals surface area contributed by atoms with Crippen molar-refractivity contribution >= 4 is 13.8 Å². The van der Waals surface area contributed by atoms with E-state index >= 15 is 0 Å². The number of ether oxygens (including phenoxy) is 2. The SMILES string of the molecule is CCCCCCCCCCCCCCCC/C=C\OC[C@H](COP(=O)(O)OC1C(O)C(O)C(O)[C@@H](O)C1O)OC(=O)CCCCCCCCCCCCCCCCCCCCC. The molecule has 0 radical (unpaired) electrons. The summed E-state index contributed by atoms with van der Waals surface area (Å²) in [5, 5.41) is 50.2. The summed E-state index contributed by atoms with van der Waals surface area (Å²) in [4.78, 5) is 23.2. The van der Waals surface area contributed by atoms with Gasteiger partial charge in [-0.15, -0.1) is 0 Å². The first-order chi connectivity index (χ1) is 30.0. The summed E-state index contributed by atoms with van der Waals surface area (Å²) in [6.45, 7) is 3.77. The van der Waals surface area contributed by atoms with E-state index in [1.165, 1.54) is 180 Å². The fraction of sp³-hybridized carbons (Fsp3) is 0.939. The van der Waals surface area contributed by atoms with Gasteiger partial charge in [-0.1, -0.05) is 213 Å². The van der Waals surface area contributed by atoms with Gasteiger partial charge in [0.1, 0.15) is 43.2 Å². The quantitative estimate of drug-likeness (QED) is 0.0147. The molecule has 1 aliphatic carbocycles. The molecule has 1 saturated carbocycles. The van der Waals surface area contributed by atoms with Crippen LogP contribution < -0.4 is 0 Å². The molecule has 6 unspecified atom stereocenters. The van der Waals surface area contributed by atoms with Crippen molar-refractivity contribution < 1.29 is 58.3 Å². The van der Waals surface area contributed by atoms with E-state index in [1.807, 2.05) is 6.08 Å². The zero-order chi connectivity index (χ0) is 45.5. The normalized spacial score (nSPS) is 21.9. The minimum Gasteiger partial charge on any atom is -0.498 e. The summed E-state index contributed by atoms with van der Waals surface area (Å²) < 4.78 is 34.0. The van der Waals surface area contributed by atoms with Crippen LogP contribution in [-0.2, 0) is 27.9 Å². The van der Waals surface area contributed by atoms with E-state index in [-0.39, 0.29) is 13.0 Å². The lowest BCUT2D eigenvalue weighted by Crippen LogP contribution is -2.64. The van der Waals surface area contributed by atoms with E-state index in [9.17, 15) is 39.8 Å². The average Bonchev–Trinajstić information content (AvgIpc) is 3.26. The highest BCUT2D eigenvalue weighted by atomic mass is 31.2. The highest BCUT2D eigenvalue weighted by Gasteiger charge is 2.51. The summed E-state index contributed by atoms with van der Waals surface area (Å²) in [6.07, 6.45) is 33.6. The van der Waals surface area contributed by atoms with Crippen LogP contribution in [0.5, 0.6) is 0 Å². The van der Waals surface area contributed by atoms with Crippen LogP contribution in [0.25, 0.3) is 0 Å². The number of phosphoric acid groups is 1. The van der Waals surface area contributed by atoms with Gasteiger partial charge in [-0.25, -0.2) is 4.57 Å². The third-order valence-corrected chi connectivity index (χ3v) is 13.2. The number of carbonyl (C=O) groups is 1. The molecule has 0 aromatic rings. The maximum atomic E-state index is 12.8. The first-order valence-electron chi connectivity index (χ1n) is 25.6. The fourth-order valence-electron chi connectivity index (χ4n) is 8.15. The monoisotopic (exact) mass is 907 g/mol. The molecule has 0 aromatic carbocycles. The molecule has 0 saturated heterocycles. The van der Waals surface area contributed by atoms with Crippen molar-refractivity contribution in [2.75, 3.05) is 13.2 Å². The van der Waals surface area contributed by atoms with Crippen LogP contribution in [0.15, 0.2) is 12.3 Å². The molecule has 0 heterocycles. The fourth-order valence-corrected chi connectivity index (χ4v) is 9.12. The lowest BCUT2D eigenvalue weighted by molar-refractivity contribution is -0.220. The molecule has 0 bridgehead atoms. The number of aliphatic hydroxyl groups is 5. The number of hydrogen-bond acceptors (Lipinski definition) is 11. The molecular weight excluding hydrogens is 812 g/mol. The second kappa shape index (κ2) is 40.2. The molecule has 12 nitrogen and oxygen atoms in total. The second-order valence-electron chi connectivity index (χ2n) is 18.1. The van der Waals surface area contributed by atoms with Gasteiger partial charge in [0, 0.05) is 6.42 Å². The highest BCUT2D eigenvalue weighted by Crippen LogP contribution is 2.47. The minimum atomic E-state index is -5.03. The van der Waals surface area contributed by atoms with Gasteiger partial charge >= 0.3 is 13.8 Å². The van der Waals surface area contributed by atoms with Crippen LogP contribution >= 0.6 is 7.82 Å². The van der Waals surface area contributed by atoms with Crippen LogP contribution in [0, 0.1) is 0 Å². The van der Waals surface area contributed by atoms with E-state index < -0.39 is 63.1 Å². The number of unbranched alkanes of at least 4 members (excludes halogenated alkanes) is 32. The van der Waals surface area contributed by atoms with E-state index in [0.29, 0.717) is 6.42 Å². The van der Waals surface area contributed by atoms with Crippen molar-refractivity contribution in [1.82, 2.24) is 0 Å². The number of allylic oxidation sites excluding steroid dienone is 1. The molecule has 62 heavy (non-hydrogen) atoms. The number of hydrogen-bond donors (Lipinski definition) is 6. The Labute approximate surface area is 377 Å². The van der Waals surface area contributed by atoms with E-state index in [1.54, 1.807) is 0 Å². The van der Waals surface area contributed by atoms with Crippen LogP contribution in [-0.4, -0.2) is 92.3 Å². The lowest BCUT2D eigenvalue weighted by Gasteiger charge is -2.41. The Morgan fingerprint density at radius 1 is 0.500 bits per heavy atom. The molecule has 0 aliphatic heterocycles. The van der Waals surface area contributed by atoms with Crippen molar-refractivity contribution in [3.05, 3.63) is 12.3 Å². The van der Waals surface area contributed by atoms with Gasteiger partial charge in [0.2, 0.25) is 0 Å². The van der Waals surface area contributed by atoms with Crippen molar-refractivity contribution in [2.45, 2.75) is 281 Å². The van der Waals surface area contributed by atoms with E-state index in [2.05, 4.69) is 13.8 Å². The van der Waals surface area contributed by atoms with Gasteiger partial charge in [0.25, 0.3) is 0 Å². The van der Waals surface area contributed by atoms with Crippen LogP contribution in [0.1, 0.15) is 239 Å². The smallest absolute Gasteiger partial charge is 0.472 e. The molecule has 6 N–H and O–H groups in total. The maximum absolute atomic E-state index is 12.8. The molecule has 8 atom stereocenters. The average molecular weight is 907 g/mol. The summed E-state index contributed by atoms with van der Waals surface area (Å²) >= 11 is 0. The first-order valence-corrected chi connectivity index (χ1v) is 27.1. The third-order valence-electron chi connectivity index (χ3n) is 12.2. The molecule has 0 spiro atoms. The zero-order valence-corrected chi connectivity index (χ0v) is 40.3. The minimum absolute atomic E-state index is 0.154. The number of carbonyl (C=O) groups excluding carboxylic acids is 1. The van der Waals surface area contributed by atoms with Gasteiger partial charge in [0.15, 0.2) is 6.10 Å². The predicted molar refractivity (Wildman–Crippen MR) is 249 cm³/mol. The van der Waals surface area contributed by atoms with Gasteiger partial charge in [0.05, 0.1) is 12.9 Å². The van der Waals surface area contributed by atoms with Gasteiger partial charge in [-0.3, -0.25) is 13.8 Å². The first kappa shape index (κ1) is 58.9. The van der Waals surface area contributed by atoms with E-state index in [0.717, 1.165) is 38.5 Å². The highest BCUT2D eigenvalue weighted by molar-refractivity contribution is 7.47. The van der Waals surface area contributed by atoms with Gasteiger partial charge < -0.3 is 39.9 Å². The van der Waals surface area contributed by atoms with Crippen LogP contribution in [0.4, 0.5) is 0 Å². The zero-order valence-electron chi connectivity index (χ0n) is 39.4. The predicted octanol–water partition coefficient (Wildman–Crippen LogP) is 11.4. The van der Waals surface area contributed by atoms with Crippen molar-refractivity contribution in [3.8, 4) is 0 Å². The Morgan fingerprint density at radius 2 is 0.839 bits per heavy atom. The number of phosphoric ester groups is 1. The maximum Gasteiger partial charge on any atom is 0.472 e. The van der Waals surface area contributed by atoms with E-state index in [4.69, 9.17) is 18.5 Å². The topological polar surface area (TPSA) is 192 Å². The summed E-state index contributed by atoms with van der Waals surface area (Å²) in [5.74, 6) is -0.493. The Bertz CT molecular complexity index is 1080. The van der Waals surface area contributed by atoms with Crippen LogP contribution in [0.2, 0.25) is 0 Å². The largest absolute Gasteiger partial charge is 0.498 e. The second-order valence-corrected chi connectivity index (χ2v) is 19.5. The summed E-state index contributed by atoms with van der Waals surface area (Å²) in [5.41, 5.74) is 0. The summed E-state index contributed by atoms with van der Waals surface area (Å²) in [7, 11) is -5.03. The standard InChI is InChI=1S/C49H95O12P/c1-3-5-7-9-11-13-15-17-19-21-22-23-24-26-28-30-32-34-36-38-43(50)60-42(41-59-62(56,57)61-49-47(54)45(52)44(51)46(53)48(49)55)40-58-39-37-35-33-31-29-27-25-20-18-16-14-12-10-8-6-4-2/h37,39,42,44-49,51-55H,3-36,38,40-41H2,1-2H3,(H,56,57)/b39-37-/t42-,44?,45-,46?,47?,48?,49?/m1/s1. The Morgan fingerprint density at radius 3 is 1.23 bits per heavy atom. The molecule has 1 fully saturated rings. The number of rotatable bonds is 44. The molecule has 0 amide bonds. The Kier molecular flexibility index (Phi) is 38.2. The Hall–Kier alpha value is -1.08. The number of aliphatic hydroxyl groups excluding tert-OH is 5. The molecule has 0 aromatic heterocycles. The van der Waals surface area contributed by atoms with Gasteiger partial charge in [-0.2, -0.15) is 0 Å². The molecule has 1 aliphatic rings. The Balaban J connectivity index is 2.35. The summed E-state index contributed by atoms with van der Waals surface area (Å²) in [6, 6.07) is 0. The van der Waals surface area contributed by atoms with Crippen molar-refractivity contribution in [1.29, 1.82) is 0 Å². The van der Waals surface area contributed by atoms with Crippen molar-refractivity contribution in [2.24, 2.45) is 0 Å². The molecular formula is C49H95O12P. The number of esters is 1. The molecule has 368 valence electrons. The third kappa shape index (κ3) is 31.7. The van der Waals surface area contributed by atoms with Crippen molar-refractivity contribution in [3.63, 3.8) is 0 Å².